The van der Waals surface area contributed by atoms with Crippen molar-refractivity contribution >= 4 is 11.7 Å². The van der Waals surface area contributed by atoms with Crippen molar-refractivity contribution in [2.24, 2.45) is 11.8 Å². The Bertz CT molecular complexity index is 502. The van der Waals surface area contributed by atoms with Gasteiger partial charge in [-0.15, -0.1) is 0 Å². The first kappa shape index (κ1) is 15.3. The normalized spacial score (nSPS) is 24.9. The molecule has 2 fully saturated rings. The van der Waals surface area contributed by atoms with Gasteiger partial charge in [0.1, 0.15) is 0 Å². The van der Waals surface area contributed by atoms with E-state index in [0.717, 1.165) is 31.1 Å². The lowest BCUT2D eigenvalue weighted by atomic mass is 9.75. The number of ether oxygens (including phenoxy) is 1. The van der Waals surface area contributed by atoms with Crippen LogP contribution >= 0.6 is 0 Å². The Morgan fingerprint density at radius 1 is 1.36 bits per heavy atom. The molecule has 22 heavy (non-hydrogen) atoms. The van der Waals surface area contributed by atoms with Gasteiger partial charge in [-0.2, -0.15) is 5.10 Å². The maximum Gasteiger partial charge on any atom is 0.321 e. The van der Waals surface area contributed by atoms with E-state index >= 15 is 0 Å². The summed E-state index contributed by atoms with van der Waals surface area (Å²) < 4.78 is 6.81. The Kier molecular flexibility index (Phi) is 4.97. The zero-order chi connectivity index (χ0) is 15.4. The van der Waals surface area contributed by atoms with E-state index in [1.807, 2.05) is 11.1 Å². The number of carbonyl (C=O) groups is 1. The molecule has 2 atom stereocenters. The largest absolute Gasteiger partial charge is 0.383 e. The number of hydrogen-bond donors (Lipinski definition) is 1. The molecular formula is C16H26N4O2. The molecule has 2 amide bonds. The molecule has 1 saturated heterocycles. The van der Waals surface area contributed by atoms with Crippen molar-refractivity contribution in [2.45, 2.75) is 38.6 Å². The Balaban J connectivity index is 1.52. The van der Waals surface area contributed by atoms with Gasteiger partial charge in [0, 0.05) is 26.4 Å². The number of urea groups is 1. The highest BCUT2D eigenvalue weighted by Gasteiger charge is 2.32. The number of carbonyl (C=O) groups excluding carboxylic acids is 1. The van der Waals surface area contributed by atoms with Gasteiger partial charge in [-0.25, -0.2) is 4.79 Å². The Morgan fingerprint density at radius 2 is 2.18 bits per heavy atom. The second-order valence-corrected chi connectivity index (χ2v) is 6.45. The van der Waals surface area contributed by atoms with Crippen molar-refractivity contribution in [3.05, 3.63) is 12.4 Å². The van der Waals surface area contributed by atoms with Crippen LogP contribution in [0.2, 0.25) is 0 Å². The van der Waals surface area contributed by atoms with Crippen LogP contribution in [0.3, 0.4) is 0 Å². The van der Waals surface area contributed by atoms with E-state index in [9.17, 15) is 4.79 Å². The molecule has 1 aliphatic carbocycles. The van der Waals surface area contributed by atoms with Crippen molar-refractivity contribution in [3.8, 4) is 0 Å². The molecule has 1 aliphatic heterocycles. The number of aromatic nitrogens is 2. The summed E-state index contributed by atoms with van der Waals surface area (Å²) >= 11 is 0. The average Bonchev–Trinajstić information content (AvgIpc) is 2.99. The zero-order valence-electron chi connectivity index (χ0n) is 13.3. The third-order valence-electron chi connectivity index (χ3n) is 4.99. The lowest BCUT2D eigenvalue weighted by molar-refractivity contribution is 0.108. The van der Waals surface area contributed by atoms with Gasteiger partial charge in [-0.05, 0) is 24.7 Å². The number of nitrogens with zero attached hydrogens (tertiary/aromatic N) is 3. The molecule has 6 heteroatoms. The molecule has 0 aromatic carbocycles. The van der Waals surface area contributed by atoms with Gasteiger partial charge >= 0.3 is 6.03 Å². The van der Waals surface area contributed by atoms with E-state index in [1.165, 1.54) is 25.7 Å². The molecule has 1 aromatic heterocycles. The van der Waals surface area contributed by atoms with Gasteiger partial charge in [0.2, 0.25) is 0 Å². The van der Waals surface area contributed by atoms with Crippen molar-refractivity contribution < 1.29 is 9.53 Å². The molecular weight excluding hydrogens is 280 g/mol. The predicted octanol–water partition coefficient (Wildman–Crippen LogP) is 2.57. The van der Waals surface area contributed by atoms with E-state index in [2.05, 4.69) is 10.4 Å². The molecule has 0 spiro atoms. The van der Waals surface area contributed by atoms with Crippen LogP contribution in [-0.2, 0) is 11.3 Å². The van der Waals surface area contributed by atoms with E-state index in [0.29, 0.717) is 19.1 Å². The smallest absolute Gasteiger partial charge is 0.321 e. The number of piperidine rings is 1. The molecule has 0 radical (unpaired) electrons. The number of hydrogen-bond acceptors (Lipinski definition) is 3. The average molecular weight is 306 g/mol. The Hall–Kier alpha value is -1.56. The molecule has 122 valence electrons. The zero-order valence-corrected chi connectivity index (χ0v) is 13.3. The highest BCUT2D eigenvalue weighted by atomic mass is 16.5. The van der Waals surface area contributed by atoms with Crippen LogP contribution in [0.4, 0.5) is 10.5 Å². The standard InChI is InChI=1S/C16H26N4O2/c1-22-9-8-20-12-15(10-17-20)18-16(21)19-7-6-13-4-2-3-5-14(13)11-19/h10,12-14H,2-9,11H2,1H3,(H,18,21)/t13-,14-/m1/s1. The summed E-state index contributed by atoms with van der Waals surface area (Å²) in [6.45, 7) is 3.10. The number of nitrogens with one attached hydrogen (secondary N) is 1. The molecule has 3 rings (SSSR count). The fourth-order valence-electron chi connectivity index (χ4n) is 3.72. The topological polar surface area (TPSA) is 59.4 Å². The third-order valence-corrected chi connectivity index (χ3v) is 4.99. The van der Waals surface area contributed by atoms with Crippen molar-refractivity contribution in [1.82, 2.24) is 14.7 Å². The first-order chi connectivity index (χ1) is 10.8. The summed E-state index contributed by atoms with van der Waals surface area (Å²) in [5, 5.41) is 7.19. The first-order valence-corrected chi connectivity index (χ1v) is 8.33. The van der Waals surface area contributed by atoms with Crippen LogP contribution in [0.1, 0.15) is 32.1 Å². The van der Waals surface area contributed by atoms with Crippen molar-refractivity contribution in [1.29, 1.82) is 0 Å². The van der Waals surface area contributed by atoms with E-state index in [1.54, 1.807) is 18.0 Å². The summed E-state index contributed by atoms with van der Waals surface area (Å²) in [6, 6.07) is 0.00955. The van der Waals surface area contributed by atoms with Gasteiger partial charge in [-0.1, -0.05) is 19.3 Å². The van der Waals surface area contributed by atoms with Gasteiger partial charge in [0.15, 0.2) is 0 Å². The van der Waals surface area contributed by atoms with Crippen molar-refractivity contribution in [2.75, 3.05) is 32.1 Å². The molecule has 0 unspecified atom stereocenters. The number of anilines is 1. The summed E-state index contributed by atoms with van der Waals surface area (Å²) in [5.41, 5.74) is 0.756. The minimum Gasteiger partial charge on any atom is -0.383 e. The second kappa shape index (κ2) is 7.13. The highest BCUT2D eigenvalue weighted by Crippen LogP contribution is 2.36. The maximum absolute atomic E-state index is 12.4. The third kappa shape index (κ3) is 3.61. The number of fused-ring (bicyclic) bond motifs is 1. The van der Waals surface area contributed by atoms with Crippen molar-refractivity contribution in [3.63, 3.8) is 0 Å². The lowest BCUT2D eigenvalue weighted by Crippen LogP contribution is -2.46. The SMILES string of the molecule is COCCn1cc(NC(=O)N2CC[C@H]3CCCC[C@@H]3C2)cn1. The molecule has 1 aromatic rings. The number of methoxy groups -OCH3 is 1. The fourth-order valence-corrected chi connectivity index (χ4v) is 3.72. The molecule has 6 nitrogen and oxygen atoms in total. The maximum atomic E-state index is 12.4. The summed E-state index contributed by atoms with van der Waals surface area (Å²) in [6.07, 6.45) is 10.0. The van der Waals surface area contributed by atoms with Crippen LogP contribution in [0.15, 0.2) is 12.4 Å². The summed E-state index contributed by atoms with van der Waals surface area (Å²) in [7, 11) is 1.67. The van der Waals surface area contributed by atoms with E-state index in [4.69, 9.17) is 4.74 Å². The van der Waals surface area contributed by atoms with Gasteiger partial charge in [0.25, 0.3) is 0 Å². The number of amides is 2. The molecule has 1 N–H and O–H groups in total. The minimum absolute atomic E-state index is 0.00955. The summed E-state index contributed by atoms with van der Waals surface area (Å²) in [5.74, 6) is 1.55. The Morgan fingerprint density at radius 3 is 3.00 bits per heavy atom. The molecule has 0 bridgehead atoms. The number of likely N-dealkylation sites (tertiary alicyclic amines) is 1. The lowest BCUT2D eigenvalue weighted by Gasteiger charge is -2.41. The second-order valence-electron chi connectivity index (χ2n) is 6.45. The van der Waals surface area contributed by atoms with Crippen LogP contribution in [0.5, 0.6) is 0 Å². The quantitative estimate of drug-likeness (QED) is 0.930. The Labute approximate surface area is 131 Å². The molecule has 2 aliphatic rings. The van der Waals surface area contributed by atoms with E-state index in [-0.39, 0.29) is 6.03 Å². The highest BCUT2D eigenvalue weighted by molar-refractivity contribution is 5.89. The van der Waals surface area contributed by atoms with Gasteiger partial charge in [0.05, 0.1) is 25.0 Å². The number of rotatable bonds is 4. The monoisotopic (exact) mass is 306 g/mol. The minimum atomic E-state index is 0.00955. The fraction of sp³-hybridized carbons (Fsp3) is 0.750. The summed E-state index contributed by atoms with van der Waals surface area (Å²) in [4.78, 5) is 14.4. The predicted molar refractivity (Wildman–Crippen MR) is 84.8 cm³/mol. The first-order valence-electron chi connectivity index (χ1n) is 8.33. The van der Waals surface area contributed by atoms with Crippen LogP contribution in [-0.4, -0.2) is 47.5 Å². The molecule has 2 heterocycles. The van der Waals surface area contributed by atoms with Crippen LogP contribution in [0, 0.1) is 11.8 Å². The van der Waals surface area contributed by atoms with Crippen LogP contribution < -0.4 is 5.32 Å². The van der Waals surface area contributed by atoms with Gasteiger partial charge < -0.3 is 15.0 Å². The van der Waals surface area contributed by atoms with E-state index < -0.39 is 0 Å². The van der Waals surface area contributed by atoms with Crippen LogP contribution in [0.25, 0.3) is 0 Å². The molecule has 1 saturated carbocycles. The van der Waals surface area contributed by atoms with Gasteiger partial charge in [-0.3, -0.25) is 4.68 Å².